The molecule has 5 rings (SSSR count). The van der Waals surface area contributed by atoms with Gasteiger partial charge in [-0.15, -0.1) is 0 Å². The van der Waals surface area contributed by atoms with Gasteiger partial charge in [0.25, 0.3) is 5.91 Å². The Kier molecular flexibility index (Phi) is 5.80. The molecule has 1 saturated heterocycles. The fourth-order valence-electron chi connectivity index (χ4n) is 4.98. The standard InChI is InChI=1S/C27H30N4O/c28-24-12-11-21(31-15-4-1-5-16-31)18-23(24)26-17-20(13-14-29-26)27(32)30-25-10-6-8-19-7-2-3-9-22(19)25/h2-3,7,9,11-14,17-18,25H,1,4-6,8,10,15-16,28H2,(H,30,32). The van der Waals surface area contributed by atoms with Gasteiger partial charge >= 0.3 is 0 Å². The second-order valence-electron chi connectivity index (χ2n) is 8.87. The zero-order valence-corrected chi connectivity index (χ0v) is 18.4. The van der Waals surface area contributed by atoms with Crippen molar-refractivity contribution in [1.29, 1.82) is 0 Å². The molecule has 164 valence electrons. The number of nitrogens with two attached hydrogens (primary N) is 1. The Bertz CT molecular complexity index is 1120. The maximum absolute atomic E-state index is 13.1. The van der Waals surface area contributed by atoms with E-state index in [4.69, 9.17) is 5.73 Å². The van der Waals surface area contributed by atoms with Gasteiger partial charge in [-0.1, -0.05) is 24.3 Å². The number of fused-ring (bicyclic) bond motifs is 1. The molecule has 3 N–H and O–H groups in total. The third kappa shape index (κ3) is 4.20. The first kappa shape index (κ1) is 20.6. The molecule has 0 saturated carbocycles. The van der Waals surface area contributed by atoms with Gasteiger partial charge in [0.2, 0.25) is 0 Å². The first-order valence-electron chi connectivity index (χ1n) is 11.7. The van der Waals surface area contributed by atoms with Gasteiger partial charge < -0.3 is 16.0 Å². The lowest BCUT2D eigenvalue weighted by Crippen LogP contribution is -2.31. The van der Waals surface area contributed by atoms with Crippen molar-refractivity contribution in [1.82, 2.24) is 10.3 Å². The number of aromatic nitrogens is 1. The number of nitrogens with zero attached hydrogens (tertiary/aromatic N) is 2. The minimum absolute atomic E-state index is 0.0524. The average molecular weight is 427 g/mol. The topological polar surface area (TPSA) is 71.2 Å². The van der Waals surface area contributed by atoms with Crippen molar-refractivity contribution in [3.8, 4) is 11.3 Å². The van der Waals surface area contributed by atoms with Crippen LogP contribution in [0.25, 0.3) is 11.3 Å². The number of pyridine rings is 1. The summed E-state index contributed by atoms with van der Waals surface area (Å²) < 4.78 is 0. The normalized spacial score (nSPS) is 18.1. The molecule has 32 heavy (non-hydrogen) atoms. The number of anilines is 2. The van der Waals surface area contributed by atoms with Crippen molar-refractivity contribution >= 4 is 17.3 Å². The van der Waals surface area contributed by atoms with E-state index in [2.05, 4.69) is 45.5 Å². The fourth-order valence-corrected chi connectivity index (χ4v) is 4.98. The van der Waals surface area contributed by atoms with Crippen LogP contribution in [0.15, 0.2) is 60.8 Å². The minimum atomic E-state index is -0.0684. The fraction of sp³-hybridized carbons (Fsp3) is 0.333. The second kappa shape index (κ2) is 9.03. The number of carbonyl (C=O) groups excluding carboxylic acids is 1. The Balaban J connectivity index is 1.39. The van der Waals surface area contributed by atoms with E-state index in [1.165, 1.54) is 36.1 Å². The first-order valence-corrected chi connectivity index (χ1v) is 11.7. The van der Waals surface area contributed by atoms with Crippen LogP contribution in [0.5, 0.6) is 0 Å². The number of benzene rings is 2. The largest absolute Gasteiger partial charge is 0.398 e. The van der Waals surface area contributed by atoms with Gasteiger partial charge in [-0.05, 0) is 80.0 Å². The molecule has 1 atom stereocenters. The summed E-state index contributed by atoms with van der Waals surface area (Å²) in [6.45, 7) is 2.14. The van der Waals surface area contributed by atoms with Crippen molar-refractivity contribution < 1.29 is 4.79 Å². The molecule has 5 heteroatoms. The van der Waals surface area contributed by atoms with Crippen LogP contribution >= 0.6 is 0 Å². The average Bonchev–Trinajstić information content (AvgIpc) is 2.85. The van der Waals surface area contributed by atoms with Crippen LogP contribution in [-0.4, -0.2) is 24.0 Å². The van der Waals surface area contributed by atoms with Crippen LogP contribution in [0.3, 0.4) is 0 Å². The number of hydrogen-bond donors (Lipinski definition) is 2. The number of rotatable bonds is 4. The molecule has 1 fully saturated rings. The number of hydrogen-bond acceptors (Lipinski definition) is 4. The molecule has 2 aliphatic rings. The molecule has 2 aromatic carbocycles. The molecule has 0 bridgehead atoms. The summed E-state index contributed by atoms with van der Waals surface area (Å²) in [5.74, 6) is -0.0684. The third-order valence-corrected chi connectivity index (χ3v) is 6.73. The van der Waals surface area contributed by atoms with E-state index >= 15 is 0 Å². The highest BCUT2D eigenvalue weighted by atomic mass is 16.1. The van der Waals surface area contributed by atoms with Crippen molar-refractivity contribution in [3.63, 3.8) is 0 Å². The zero-order chi connectivity index (χ0) is 21.9. The molecule has 5 nitrogen and oxygen atoms in total. The van der Waals surface area contributed by atoms with Crippen LogP contribution < -0.4 is 16.0 Å². The van der Waals surface area contributed by atoms with Crippen LogP contribution in [0.1, 0.15) is 59.6 Å². The maximum atomic E-state index is 13.1. The Morgan fingerprint density at radius 3 is 2.72 bits per heavy atom. The Morgan fingerprint density at radius 1 is 1.00 bits per heavy atom. The van der Waals surface area contributed by atoms with E-state index in [0.29, 0.717) is 11.3 Å². The number of aryl methyl sites for hydroxylation is 1. The highest BCUT2D eigenvalue weighted by molar-refractivity contribution is 5.96. The van der Waals surface area contributed by atoms with E-state index in [9.17, 15) is 4.79 Å². The zero-order valence-electron chi connectivity index (χ0n) is 18.4. The smallest absolute Gasteiger partial charge is 0.251 e. The number of amides is 1. The Hall–Kier alpha value is -3.34. The van der Waals surface area contributed by atoms with Crippen molar-refractivity contribution in [2.24, 2.45) is 0 Å². The van der Waals surface area contributed by atoms with E-state index in [1.807, 2.05) is 18.2 Å². The summed E-state index contributed by atoms with van der Waals surface area (Å²) >= 11 is 0. The molecule has 1 unspecified atom stereocenters. The van der Waals surface area contributed by atoms with Gasteiger partial charge in [0.15, 0.2) is 0 Å². The minimum Gasteiger partial charge on any atom is -0.398 e. The number of piperidine rings is 1. The molecule has 1 amide bonds. The first-order chi connectivity index (χ1) is 15.7. The quantitative estimate of drug-likeness (QED) is 0.568. The summed E-state index contributed by atoms with van der Waals surface area (Å²) in [5.41, 5.74) is 13.0. The highest BCUT2D eigenvalue weighted by Crippen LogP contribution is 2.32. The Labute approximate surface area is 189 Å². The van der Waals surface area contributed by atoms with Gasteiger partial charge in [-0.25, -0.2) is 0 Å². The second-order valence-corrected chi connectivity index (χ2v) is 8.87. The SMILES string of the molecule is Nc1ccc(N2CCCCC2)cc1-c1cc(C(=O)NC2CCCc3ccccc32)ccn1. The lowest BCUT2D eigenvalue weighted by molar-refractivity contribution is 0.0932. The van der Waals surface area contributed by atoms with Gasteiger partial charge in [0.1, 0.15) is 0 Å². The molecule has 0 radical (unpaired) electrons. The van der Waals surface area contributed by atoms with Gasteiger partial charge in [-0.3, -0.25) is 9.78 Å². The monoisotopic (exact) mass is 426 g/mol. The van der Waals surface area contributed by atoms with Crippen molar-refractivity contribution in [2.75, 3.05) is 23.7 Å². The van der Waals surface area contributed by atoms with E-state index in [-0.39, 0.29) is 11.9 Å². The van der Waals surface area contributed by atoms with E-state index < -0.39 is 0 Å². The van der Waals surface area contributed by atoms with Crippen LogP contribution in [-0.2, 0) is 6.42 Å². The predicted octanol–water partition coefficient (Wildman–Crippen LogP) is 5.13. The Morgan fingerprint density at radius 2 is 1.84 bits per heavy atom. The summed E-state index contributed by atoms with van der Waals surface area (Å²) in [4.78, 5) is 20.1. The van der Waals surface area contributed by atoms with Gasteiger partial charge in [0, 0.05) is 41.8 Å². The van der Waals surface area contributed by atoms with Crippen molar-refractivity contribution in [3.05, 3.63) is 77.5 Å². The summed E-state index contributed by atoms with van der Waals surface area (Å²) in [6, 6.07) is 18.2. The number of nitrogens with one attached hydrogen (secondary N) is 1. The van der Waals surface area contributed by atoms with Crippen molar-refractivity contribution in [2.45, 2.75) is 44.6 Å². The molecule has 0 spiro atoms. The van der Waals surface area contributed by atoms with Crippen LogP contribution in [0.2, 0.25) is 0 Å². The lowest BCUT2D eigenvalue weighted by atomic mass is 9.87. The molecule has 1 aliphatic heterocycles. The highest BCUT2D eigenvalue weighted by Gasteiger charge is 2.22. The molecule has 2 heterocycles. The number of nitrogen functional groups attached to an aromatic ring is 1. The van der Waals surface area contributed by atoms with E-state index in [0.717, 1.165) is 43.6 Å². The van der Waals surface area contributed by atoms with Gasteiger partial charge in [0.05, 0.1) is 11.7 Å². The maximum Gasteiger partial charge on any atom is 0.251 e. The molecule has 1 aliphatic carbocycles. The lowest BCUT2D eigenvalue weighted by Gasteiger charge is -2.29. The molecule has 3 aromatic rings. The summed E-state index contributed by atoms with van der Waals surface area (Å²) in [6.07, 6.45) is 8.56. The van der Waals surface area contributed by atoms with Gasteiger partial charge in [-0.2, -0.15) is 0 Å². The van der Waals surface area contributed by atoms with Crippen LogP contribution in [0.4, 0.5) is 11.4 Å². The third-order valence-electron chi connectivity index (χ3n) is 6.73. The molecular weight excluding hydrogens is 396 g/mol. The van der Waals surface area contributed by atoms with E-state index in [1.54, 1.807) is 12.3 Å². The predicted molar refractivity (Wildman–Crippen MR) is 130 cm³/mol. The molecular formula is C27H30N4O. The summed E-state index contributed by atoms with van der Waals surface area (Å²) in [7, 11) is 0. The summed E-state index contributed by atoms with van der Waals surface area (Å²) in [5, 5.41) is 3.24. The molecule has 1 aromatic heterocycles. The number of carbonyl (C=O) groups is 1. The van der Waals surface area contributed by atoms with Crippen LogP contribution in [0, 0.1) is 0 Å².